The molecule has 1 unspecified atom stereocenters. The molecule has 0 aliphatic heterocycles. The predicted octanol–water partition coefficient (Wildman–Crippen LogP) is 2.92. The second-order valence-corrected chi connectivity index (χ2v) is 5.48. The fraction of sp³-hybridized carbons (Fsp3) is 0.562. The van der Waals surface area contributed by atoms with E-state index in [0.717, 1.165) is 18.6 Å². The van der Waals surface area contributed by atoms with Crippen molar-refractivity contribution in [3.8, 4) is 0 Å². The van der Waals surface area contributed by atoms with E-state index in [-0.39, 0.29) is 6.03 Å². The van der Waals surface area contributed by atoms with E-state index in [1.54, 1.807) is 25.1 Å². The Morgan fingerprint density at radius 3 is 2.71 bits per heavy atom. The van der Waals surface area contributed by atoms with Gasteiger partial charge in [-0.3, -0.25) is 0 Å². The minimum Gasteiger partial charge on any atom is -0.389 e. The summed E-state index contributed by atoms with van der Waals surface area (Å²) in [5.74, 6) is 0.627. The number of aliphatic hydroxyl groups is 1. The first kappa shape index (κ1) is 17.5. The average molecular weight is 294 g/mol. The van der Waals surface area contributed by atoms with Crippen molar-refractivity contribution < 1.29 is 14.6 Å². The van der Waals surface area contributed by atoms with Crippen LogP contribution >= 0.6 is 0 Å². The molecule has 118 valence electrons. The number of carbonyl (C=O) groups excluding carboxylic acids is 1. The summed E-state index contributed by atoms with van der Waals surface area (Å²) < 4.78 is 5.42. The van der Waals surface area contributed by atoms with Gasteiger partial charge in [-0.25, -0.2) is 4.79 Å². The lowest BCUT2D eigenvalue weighted by Gasteiger charge is -2.10. The smallest absolute Gasteiger partial charge is 0.319 e. The van der Waals surface area contributed by atoms with Gasteiger partial charge in [-0.2, -0.15) is 0 Å². The molecule has 0 aliphatic rings. The molecule has 21 heavy (non-hydrogen) atoms. The molecule has 0 aromatic heterocycles. The number of amides is 2. The first-order valence-electron chi connectivity index (χ1n) is 7.39. The first-order chi connectivity index (χ1) is 9.99. The molecule has 1 rings (SSSR count). The van der Waals surface area contributed by atoms with Crippen LogP contribution in [0.25, 0.3) is 0 Å². The van der Waals surface area contributed by atoms with Crippen LogP contribution < -0.4 is 10.6 Å². The molecule has 0 saturated heterocycles. The third kappa shape index (κ3) is 7.68. The van der Waals surface area contributed by atoms with E-state index in [1.165, 1.54) is 0 Å². The largest absolute Gasteiger partial charge is 0.389 e. The minimum atomic E-state index is -0.552. The summed E-state index contributed by atoms with van der Waals surface area (Å²) in [5.41, 5.74) is 1.43. The van der Waals surface area contributed by atoms with E-state index in [4.69, 9.17) is 4.74 Å². The number of benzene rings is 1. The molecule has 0 aliphatic carbocycles. The van der Waals surface area contributed by atoms with E-state index < -0.39 is 6.10 Å². The number of hydrogen-bond acceptors (Lipinski definition) is 3. The SMILES string of the molecule is CC(C)CCOCCNC(=O)Nc1cccc(C(C)O)c1. The molecule has 0 radical (unpaired) electrons. The lowest BCUT2D eigenvalue weighted by Crippen LogP contribution is -2.31. The number of urea groups is 1. The van der Waals surface area contributed by atoms with Gasteiger partial charge in [0.05, 0.1) is 12.7 Å². The van der Waals surface area contributed by atoms with Crippen molar-refractivity contribution in [3.05, 3.63) is 29.8 Å². The Balaban J connectivity index is 2.23. The van der Waals surface area contributed by atoms with Crippen molar-refractivity contribution in [2.24, 2.45) is 5.92 Å². The third-order valence-electron chi connectivity index (χ3n) is 3.00. The summed E-state index contributed by atoms with van der Waals surface area (Å²) in [7, 11) is 0. The Morgan fingerprint density at radius 2 is 2.05 bits per heavy atom. The highest BCUT2D eigenvalue weighted by Gasteiger charge is 2.04. The summed E-state index contributed by atoms with van der Waals surface area (Å²) >= 11 is 0. The van der Waals surface area contributed by atoms with Gasteiger partial charge in [0.25, 0.3) is 0 Å². The van der Waals surface area contributed by atoms with Crippen LogP contribution in [0.4, 0.5) is 10.5 Å². The van der Waals surface area contributed by atoms with Gasteiger partial charge in [0, 0.05) is 18.8 Å². The van der Waals surface area contributed by atoms with Crippen molar-refractivity contribution >= 4 is 11.7 Å². The summed E-state index contributed by atoms with van der Waals surface area (Å²) in [6.45, 7) is 7.69. The minimum absolute atomic E-state index is 0.273. The predicted molar refractivity (Wildman–Crippen MR) is 84.4 cm³/mol. The van der Waals surface area contributed by atoms with Crippen LogP contribution in [-0.4, -0.2) is 30.9 Å². The molecule has 0 bridgehead atoms. The zero-order chi connectivity index (χ0) is 15.7. The monoisotopic (exact) mass is 294 g/mol. The van der Waals surface area contributed by atoms with Crippen LogP contribution in [0.5, 0.6) is 0 Å². The van der Waals surface area contributed by atoms with Gasteiger partial charge in [0.15, 0.2) is 0 Å². The summed E-state index contributed by atoms with van der Waals surface area (Å²) in [5, 5.41) is 15.0. The fourth-order valence-electron chi connectivity index (χ4n) is 1.71. The highest BCUT2D eigenvalue weighted by atomic mass is 16.5. The molecule has 2 amide bonds. The summed E-state index contributed by atoms with van der Waals surface area (Å²) in [6.07, 6.45) is 0.474. The van der Waals surface area contributed by atoms with Gasteiger partial charge in [0.1, 0.15) is 0 Å². The normalized spacial score (nSPS) is 12.2. The number of carbonyl (C=O) groups is 1. The summed E-state index contributed by atoms with van der Waals surface area (Å²) in [6, 6.07) is 6.88. The van der Waals surface area contributed by atoms with Crippen LogP contribution in [0.2, 0.25) is 0 Å². The fourth-order valence-corrected chi connectivity index (χ4v) is 1.71. The molecule has 0 saturated carbocycles. The molecular formula is C16H26N2O3. The van der Waals surface area contributed by atoms with Crippen LogP contribution in [0.3, 0.4) is 0 Å². The van der Waals surface area contributed by atoms with Crippen LogP contribution in [0, 0.1) is 5.92 Å². The Kier molecular flexibility index (Phi) is 7.79. The average Bonchev–Trinajstić information content (AvgIpc) is 2.42. The first-order valence-corrected chi connectivity index (χ1v) is 7.39. The Bertz CT molecular complexity index is 433. The summed E-state index contributed by atoms with van der Waals surface area (Å²) in [4.78, 5) is 11.7. The maximum absolute atomic E-state index is 11.7. The number of rotatable bonds is 8. The highest BCUT2D eigenvalue weighted by molar-refractivity contribution is 5.89. The topological polar surface area (TPSA) is 70.6 Å². The van der Waals surface area contributed by atoms with Crippen molar-refractivity contribution in [2.75, 3.05) is 25.1 Å². The van der Waals surface area contributed by atoms with Crippen molar-refractivity contribution in [1.29, 1.82) is 0 Å². The Hall–Kier alpha value is -1.59. The van der Waals surface area contributed by atoms with Crippen molar-refractivity contribution in [2.45, 2.75) is 33.3 Å². The number of anilines is 1. The molecule has 1 aromatic rings. The lowest BCUT2D eigenvalue weighted by atomic mass is 10.1. The van der Waals surface area contributed by atoms with E-state index in [0.29, 0.717) is 24.8 Å². The zero-order valence-electron chi connectivity index (χ0n) is 13.1. The maximum Gasteiger partial charge on any atom is 0.319 e. The molecule has 5 heteroatoms. The van der Waals surface area contributed by atoms with Gasteiger partial charge in [-0.05, 0) is 37.0 Å². The van der Waals surface area contributed by atoms with Crippen LogP contribution in [-0.2, 0) is 4.74 Å². The Labute approximate surface area is 126 Å². The molecule has 1 aromatic carbocycles. The lowest BCUT2D eigenvalue weighted by molar-refractivity contribution is 0.126. The van der Waals surface area contributed by atoms with Gasteiger partial charge >= 0.3 is 6.03 Å². The Morgan fingerprint density at radius 1 is 1.29 bits per heavy atom. The standard InChI is InChI=1S/C16H26N2O3/c1-12(2)7-9-21-10-8-17-16(20)18-15-6-4-5-14(11-15)13(3)19/h4-6,11-13,19H,7-10H2,1-3H3,(H2,17,18,20). The quantitative estimate of drug-likeness (QED) is 0.646. The zero-order valence-corrected chi connectivity index (χ0v) is 13.1. The van der Waals surface area contributed by atoms with Crippen LogP contribution in [0.1, 0.15) is 38.9 Å². The van der Waals surface area contributed by atoms with Crippen molar-refractivity contribution in [1.82, 2.24) is 5.32 Å². The second kappa shape index (κ2) is 9.37. The van der Waals surface area contributed by atoms with E-state index in [1.807, 2.05) is 6.07 Å². The third-order valence-corrected chi connectivity index (χ3v) is 3.00. The van der Waals surface area contributed by atoms with E-state index in [9.17, 15) is 9.90 Å². The van der Waals surface area contributed by atoms with E-state index in [2.05, 4.69) is 24.5 Å². The van der Waals surface area contributed by atoms with Crippen LogP contribution in [0.15, 0.2) is 24.3 Å². The second-order valence-electron chi connectivity index (χ2n) is 5.48. The molecule has 0 heterocycles. The van der Waals surface area contributed by atoms with Gasteiger partial charge in [-0.1, -0.05) is 26.0 Å². The number of nitrogens with one attached hydrogen (secondary N) is 2. The van der Waals surface area contributed by atoms with E-state index >= 15 is 0 Å². The maximum atomic E-state index is 11.7. The molecule has 1 atom stereocenters. The molecular weight excluding hydrogens is 268 g/mol. The molecule has 0 spiro atoms. The van der Waals surface area contributed by atoms with Crippen molar-refractivity contribution in [3.63, 3.8) is 0 Å². The molecule has 3 N–H and O–H groups in total. The molecule has 0 fully saturated rings. The molecule has 5 nitrogen and oxygen atoms in total. The number of aliphatic hydroxyl groups excluding tert-OH is 1. The highest BCUT2D eigenvalue weighted by Crippen LogP contribution is 2.16. The van der Waals surface area contributed by atoms with Gasteiger partial charge in [0.2, 0.25) is 0 Å². The van der Waals surface area contributed by atoms with Gasteiger partial charge in [-0.15, -0.1) is 0 Å². The number of ether oxygens (including phenoxy) is 1. The number of hydrogen-bond donors (Lipinski definition) is 3. The van der Waals surface area contributed by atoms with Gasteiger partial charge < -0.3 is 20.5 Å².